The molecular weight excluding hydrogens is 230 g/mol. The van der Waals surface area contributed by atoms with E-state index in [0.29, 0.717) is 13.1 Å². The molecule has 18 heavy (non-hydrogen) atoms. The van der Waals surface area contributed by atoms with Crippen molar-refractivity contribution in [2.24, 2.45) is 5.92 Å². The van der Waals surface area contributed by atoms with Crippen LogP contribution in [0.1, 0.15) is 25.0 Å². The molecule has 0 saturated carbocycles. The van der Waals surface area contributed by atoms with Crippen molar-refractivity contribution in [3.63, 3.8) is 0 Å². The second-order valence-electron chi connectivity index (χ2n) is 4.70. The Morgan fingerprint density at radius 1 is 1.44 bits per heavy atom. The van der Waals surface area contributed by atoms with Gasteiger partial charge < -0.3 is 10.2 Å². The van der Waals surface area contributed by atoms with Gasteiger partial charge in [0.25, 0.3) is 0 Å². The fourth-order valence-corrected chi connectivity index (χ4v) is 1.85. The summed E-state index contributed by atoms with van der Waals surface area (Å²) in [5.41, 5.74) is 1.93. The smallest absolute Gasteiger partial charge is 0.307 e. The number of phenols is 1. The van der Waals surface area contributed by atoms with Crippen molar-refractivity contribution in [1.82, 2.24) is 4.90 Å². The van der Waals surface area contributed by atoms with Gasteiger partial charge in [0.1, 0.15) is 5.75 Å². The summed E-state index contributed by atoms with van der Waals surface area (Å²) in [6, 6.07) is 5.47. The lowest BCUT2D eigenvalue weighted by molar-refractivity contribution is -0.141. The maximum absolute atomic E-state index is 10.8. The van der Waals surface area contributed by atoms with Crippen LogP contribution in [0.4, 0.5) is 0 Å². The topological polar surface area (TPSA) is 60.8 Å². The zero-order valence-electron chi connectivity index (χ0n) is 11.2. The van der Waals surface area contributed by atoms with Gasteiger partial charge in [0.15, 0.2) is 0 Å². The second-order valence-corrected chi connectivity index (χ2v) is 4.70. The van der Waals surface area contributed by atoms with Crippen molar-refractivity contribution in [1.29, 1.82) is 0 Å². The number of aryl methyl sites for hydroxylation is 1. The maximum atomic E-state index is 10.8. The molecule has 1 unspecified atom stereocenters. The van der Waals surface area contributed by atoms with Gasteiger partial charge in [0.05, 0.1) is 5.92 Å². The van der Waals surface area contributed by atoms with Crippen molar-refractivity contribution in [2.45, 2.75) is 27.3 Å². The van der Waals surface area contributed by atoms with E-state index in [2.05, 4.69) is 0 Å². The minimum atomic E-state index is -0.790. The molecule has 0 aliphatic carbocycles. The summed E-state index contributed by atoms with van der Waals surface area (Å²) in [5.74, 6) is -0.930. The standard InChI is InChI=1S/C14H21NO3/c1-4-15(8-11(3)14(17)18)9-12-7-10(2)5-6-13(12)16/h5-7,11,16H,4,8-9H2,1-3H3,(H,17,18). The van der Waals surface area contributed by atoms with Gasteiger partial charge in [-0.2, -0.15) is 0 Å². The summed E-state index contributed by atoms with van der Waals surface area (Å²) in [5, 5.41) is 18.7. The highest BCUT2D eigenvalue weighted by atomic mass is 16.4. The summed E-state index contributed by atoms with van der Waals surface area (Å²) in [6.07, 6.45) is 0. The Labute approximate surface area is 108 Å². The number of aromatic hydroxyl groups is 1. The third kappa shape index (κ3) is 4.04. The first-order valence-corrected chi connectivity index (χ1v) is 6.17. The lowest BCUT2D eigenvalue weighted by Gasteiger charge is -2.23. The average Bonchev–Trinajstić information content (AvgIpc) is 2.32. The molecule has 1 atom stereocenters. The largest absolute Gasteiger partial charge is 0.508 e. The minimum absolute atomic E-state index is 0.266. The predicted octanol–water partition coefficient (Wildman–Crippen LogP) is 2.24. The van der Waals surface area contributed by atoms with Crippen molar-refractivity contribution in [2.75, 3.05) is 13.1 Å². The van der Waals surface area contributed by atoms with Crippen LogP contribution in [0.3, 0.4) is 0 Å². The number of aliphatic carboxylic acids is 1. The van der Waals surface area contributed by atoms with Gasteiger partial charge in [-0.15, -0.1) is 0 Å². The minimum Gasteiger partial charge on any atom is -0.508 e. The molecule has 0 aromatic heterocycles. The summed E-state index contributed by atoms with van der Waals surface area (Å²) in [6.45, 7) is 7.47. The Balaban J connectivity index is 2.73. The summed E-state index contributed by atoms with van der Waals surface area (Å²) >= 11 is 0. The first-order valence-electron chi connectivity index (χ1n) is 6.17. The van der Waals surface area contributed by atoms with Gasteiger partial charge in [-0.1, -0.05) is 31.5 Å². The SMILES string of the molecule is CCN(Cc1cc(C)ccc1O)CC(C)C(=O)O. The highest BCUT2D eigenvalue weighted by Gasteiger charge is 2.16. The molecule has 4 nitrogen and oxygen atoms in total. The molecule has 0 fully saturated rings. The summed E-state index contributed by atoms with van der Waals surface area (Å²) < 4.78 is 0. The molecule has 0 radical (unpaired) electrons. The monoisotopic (exact) mass is 251 g/mol. The van der Waals surface area contributed by atoms with E-state index in [1.54, 1.807) is 13.0 Å². The second kappa shape index (κ2) is 6.40. The fraction of sp³-hybridized carbons (Fsp3) is 0.500. The Morgan fingerprint density at radius 3 is 2.67 bits per heavy atom. The van der Waals surface area contributed by atoms with Crippen LogP contribution in [-0.4, -0.2) is 34.2 Å². The van der Waals surface area contributed by atoms with Crippen LogP contribution >= 0.6 is 0 Å². The molecule has 1 rings (SSSR count). The first-order chi connectivity index (χ1) is 8.43. The van der Waals surface area contributed by atoms with E-state index in [4.69, 9.17) is 5.11 Å². The Morgan fingerprint density at radius 2 is 2.11 bits per heavy atom. The van der Waals surface area contributed by atoms with E-state index < -0.39 is 11.9 Å². The van der Waals surface area contributed by atoms with Crippen LogP contribution in [0.2, 0.25) is 0 Å². The highest BCUT2D eigenvalue weighted by molar-refractivity contribution is 5.69. The van der Waals surface area contributed by atoms with E-state index >= 15 is 0 Å². The molecule has 0 aliphatic rings. The first kappa shape index (κ1) is 14.5. The number of carbonyl (C=O) groups is 1. The third-order valence-electron chi connectivity index (χ3n) is 3.03. The number of rotatable bonds is 6. The number of carboxylic acids is 1. The Hall–Kier alpha value is -1.55. The van der Waals surface area contributed by atoms with E-state index in [0.717, 1.165) is 17.7 Å². The van der Waals surface area contributed by atoms with Crippen LogP contribution in [0, 0.1) is 12.8 Å². The van der Waals surface area contributed by atoms with Gasteiger partial charge in [0.2, 0.25) is 0 Å². The number of phenolic OH excluding ortho intramolecular Hbond substituents is 1. The van der Waals surface area contributed by atoms with E-state index in [-0.39, 0.29) is 5.75 Å². The average molecular weight is 251 g/mol. The molecular formula is C14H21NO3. The molecule has 4 heteroatoms. The lowest BCUT2D eigenvalue weighted by atomic mass is 10.1. The summed E-state index contributed by atoms with van der Waals surface area (Å²) in [4.78, 5) is 12.9. The number of hydrogen-bond acceptors (Lipinski definition) is 3. The third-order valence-corrected chi connectivity index (χ3v) is 3.03. The molecule has 0 saturated heterocycles. The van der Waals surface area contributed by atoms with Gasteiger partial charge in [-0.05, 0) is 19.5 Å². The molecule has 0 amide bonds. The van der Waals surface area contributed by atoms with Crippen LogP contribution in [0.15, 0.2) is 18.2 Å². The Bertz CT molecular complexity index is 418. The van der Waals surface area contributed by atoms with Crippen molar-refractivity contribution in [3.05, 3.63) is 29.3 Å². The molecule has 0 spiro atoms. The molecule has 0 heterocycles. The zero-order chi connectivity index (χ0) is 13.7. The zero-order valence-corrected chi connectivity index (χ0v) is 11.2. The number of hydrogen-bond donors (Lipinski definition) is 2. The highest BCUT2D eigenvalue weighted by Crippen LogP contribution is 2.20. The van der Waals surface area contributed by atoms with Crippen molar-refractivity contribution >= 4 is 5.97 Å². The van der Waals surface area contributed by atoms with E-state index in [9.17, 15) is 9.90 Å². The molecule has 0 bridgehead atoms. The normalized spacial score (nSPS) is 12.7. The van der Waals surface area contributed by atoms with Gasteiger partial charge >= 0.3 is 5.97 Å². The van der Waals surface area contributed by atoms with Crippen LogP contribution in [-0.2, 0) is 11.3 Å². The molecule has 2 N–H and O–H groups in total. The lowest BCUT2D eigenvalue weighted by Crippen LogP contribution is -2.31. The van der Waals surface area contributed by atoms with Crippen molar-refractivity contribution in [3.8, 4) is 5.75 Å². The fourth-order valence-electron chi connectivity index (χ4n) is 1.85. The van der Waals surface area contributed by atoms with Crippen LogP contribution < -0.4 is 0 Å². The van der Waals surface area contributed by atoms with Gasteiger partial charge in [0, 0.05) is 18.7 Å². The number of carboxylic acid groups (broad SMARTS) is 1. The molecule has 1 aromatic rings. The predicted molar refractivity (Wildman–Crippen MR) is 70.6 cm³/mol. The number of benzene rings is 1. The molecule has 0 aliphatic heterocycles. The number of nitrogens with zero attached hydrogens (tertiary/aromatic N) is 1. The van der Waals surface area contributed by atoms with Crippen molar-refractivity contribution < 1.29 is 15.0 Å². The van der Waals surface area contributed by atoms with Crippen LogP contribution in [0.25, 0.3) is 0 Å². The van der Waals surface area contributed by atoms with E-state index in [1.165, 1.54) is 0 Å². The maximum Gasteiger partial charge on any atom is 0.307 e. The Kier molecular flexibility index (Phi) is 5.16. The van der Waals surface area contributed by atoms with Crippen LogP contribution in [0.5, 0.6) is 5.75 Å². The van der Waals surface area contributed by atoms with Gasteiger partial charge in [-0.3, -0.25) is 9.69 Å². The molecule has 100 valence electrons. The van der Waals surface area contributed by atoms with E-state index in [1.807, 2.05) is 30.9 Å². The quantitative estimate of drug-likeness (QED) is 0.814. The van der Waals surface area contributed by atoms with Gasteiger partial charge in [-0.25, -0.2) is 0 Å². The summed E-state index contributed by atoms with van der Waals surface area (Å²) in [7, 11) is 0. The molecule has 1 aromatic carbocycles.